The quantitative estimate of drug-likeness (QED) is 0.627. The summed E-state index contributed by atoms with van der Waals surface area (Å²) in [6.45, 7) is 0.408. The number of carbonyl (C=O) groups is 2. The Morgan fingerprint density at radius 3 is 2.81 bits per heavy atom. The van der Waals surface area contributed by atoms with Gasteiger partial charge in [0.1, 0.15) is 18.6 Å². The fourth-order valence-corrected chi connectivity index (χ4v) is 2.61. The number of aldehydes is 1. The lowest BCUT2D eigenvalue weighted by molar-refractivity contribution is -0.108. The first kappa shape index (κ1) is 13.4. The third-order valence-electron chi connectivity index (χ3n) is 3.68. The Hall–Kier alpha value is -2.62. The molecule has 0 saturated heterocycles. The van der Waals surface area contributed by atoms with Crippen LogP contribution in [0.15, 0.2) is 42.5 Å². The predicted octanol–water partition coefficient (Wildman–Crippen LogP) is 2.70. The molecule has 0 N–H and O–H groups in total. The number of esters is 1. The van der Waals surface area contributed by atoms with E-state index in [-0.39, 0.29) is 0 Å². The van der Waals surface area contributed by atoms with E-state index in [1.807, 2.05) is 24.3 Å². The van der Waals surface area contributed by atoms with E-state index >= 15 is 0 Å². The molecule has 1 heterocycles. The normalized spacial score (nSPS) is 16.0. The zero-order valence-electron chi connectivity index (χ0n) is 11.5. The molecular formula is C17H14O4. The SMILES string of the molecule is COC(=O)c1ccc2c(c1)[C@H](C=O)c1ccccc1CO2. The van der Waals surface area contributed by atoms with Crippen molar-refractivity contribution < 1.29 is 19.1 Å². The fourth-order valence-electron chi connectivity index (χ4n) is 2.61. The summed E-state index contributed by atoms with van der Waals surface area (Å²) in [5.41, 5.74) is 2.99. The number of ether oxygens (including phenoxy) is 2. The van der Waals surface area contributed by atoms with E-state index in [0.717, 1.165) is 17.4 Å². The van der Waals surface area contributed by atoms with Gasteiger partial charge in [-0.15, -0.1) is 0 Å². The summed E-state index contributed by atoms with van der Waals surface area (Å²) in [5.74, 6) is -0.251. The molecular weight excluding hydrogens is 268 g/mol. The Balaban J connectivity index is 2.16. The van der Waals surface area contributed by atoms with Crippen molar-refractivity contribution in [2.45, 2.75) is 12.5 Å². The molecule has 4 nitrogen and oxygen atoms in total. The predicted molar refractivity (Wildman–Crippen MR) is 76.5 cm³/mol. The number of rotatable bonds is 2. The molecule has 106 valence electrons. The summed E-state index contributed by atoms with van der Waals surface area (Å²) >= 11 is 0. The van der Waals surface area contributed by atoms with Gasteiger partial charge in [-0.25, -0.2) is 4.79 Å². The van der Waals surface area contributed by atoms with Crippen LogP contribution in [0, 0.1) is 0 Å². The van der Waals surface area contributed by atoms with Crippen LogP contribution in [-0.4, -0.2) is 19.4 Å². The minimum Gasteiger partial charge on any atom is -0.489 e. The minimum atomic E-state index is -0.441. The summed E-state index contributed by atoms with van der Waals surface area (Å²) in [6, 6.07) is 12.7. The number of hydrogen-bond acceptors (Lipinski definition) is 4. The maximum absolute atomic E-state index is 11.7. The average molecular weight is 282 g/mol. The van der Waals surface area contributed by atoms with Crippen molar-refractivity contribution in [2.24, 2.45) is 0 Å². The summed E-state index contributed by atoms with van der Waals surface area (Å²) in [6.07, 6.45) is 0.882. The van der Waals surface area contributed by atoms with Gasteiger partial charge >= 0.3 is 5.97 Å². The minimum absolute atomic E-state index is 0.408. The van der Waals surface area contributed by atoms with Gasteiger partial charge in [-0.3, -0.25) is 0 Å². The molecule has 0 bridgehead atoms. The Kier molecular flexibility index (Phi) is 3.44. The molecule has 0 unspecified atom stereocenters. The molecule has 0 spiro atoms. The first-order chi connectivity index (χ1) is 10.2. The third-order valence-corrected chi connectivity index (χ3v) is 3.68. The second-order valence-corrected chi connectivity index (χ2v) is 4.85. The van der Waals surface area contributed by atoms with Crippen molar-refractivity contribution in [1.29, 1.82) is 0 Å². The fraction of sp³-hybridized carbons (Fsp3) is 0.176. The largest absolute Gasteiger partial charge is 0.489 e. The molecule has 21 heavy (non-hydrogen) atoms. The molecule has 3 rings (SSSR count). The number of methoxy groups -OCH3 is 1. The summed E-state index contributed by atoms with van der Waals surface area (Å²) in [7, 11) is 1.33. The monoisotopic (exact) mass is 282 g/mol. The summed E-state index contributed by atoms with van der Waals surface area (Å²) in [5, 5.41) is 0. The maximum atomic E-state index is 11.7. The Bertz CT molecular complexity index is 706. The van der Waals surface area contributed by atoms with E-state index in [2.05, 4.69) is 0 Å². The lowest BCUT2D eigenvalue weighted by Gasteiger charge is -2.13. The van der Waals surface area contributed by atoms with Crippen molar-refractivity contribution >= 4 is 12.3 Å². The maximum Gasteiger partial charge on any atom is 0.337 e. The van der Waals surface area contributed by atoms with E-state index in [1.54, 1.807) is 18.2 Å². The van der Waals surface area contributed by atoms with Gasteiger partial charge < -0.3 is 14.3 Å². The van der Waals surface area contributed by atoms with Crippen LogP contribution in [0.5, 0.6) is 5.75 Å². The molecule has 0 fully saturated rings. The molecule has 1 aliphatic rings. The molecule has 2 aromatic rings. The number of fused-ring (bicyclic) bond motifs is 2. The highest BCUT2D eigenvalue weighted by atomic mass is 16.5. The van der Waals surface area contributed by atoms with Gasteiger partial charge in [-0.1, -0.05) is 24.3 Å². The molecule has 1 aliphatic heterocycles. The van der Waals surface area contributed by atoms with Gasteiger partial charge in [0.25, 0.3) is 0 Å². The Labute approximate surface area is 122 Å². The van der Waals surface area contributed by atoms with Crippen LogP contribution in [-0.2, 0) is 16.1 Å². The van der Waals surface area contributed by atoms with Crippen molar-refractivity contribution in [3.8, 4) is 5.75 Å². The van der Waals surface area contributed by atoms with E-state index < -0.39 is 11.9 Å². The van der Waals surface area contributed by atoms with Crippen molar-refractivity contribution in [2.75, 3.05) is 7.11 Å². The van der Waals surface area contributed by atoms with Gasteiger partial charge in [0.15, 0.2) is 0 Å². The van der Waals surface area contributed by atoms with Crippen LogP contribution in [0.3, 0.4) is 0 Å². The summed E-state index contributed by atoms with van der Waals surface area (Å²) in [4.78, 5) is 23.3. The van der Waals surface area contributed by atoms with Crippen LogP contribution in [0.1, 0.15) is 33.0 Å². The lowest BCUT2D eigenvalue weighted by atomic mass is 9.89. The first-order valence-electron chi connectivity index (χ1n) is 6.62. The van der Waals surface area contributed by atoms with E-state index in [1.165, 1.54) is 7.11 Å². The molecule has 0 aromatic heterocycles. The molecule has 4 heteroatoms. The van der Waals surface area contributed by atoms with Gasteiger partial charge in [0, 0.05) is 5.56 Å². The summed E-state index contributed by atoms with van der Waals surface area (Å²) < 4.78 is 10.5. The number of benzene rings is 2. The van der Waals surface area contributed by atoms with Crippen LogP contribution >= 0.6 is 0 Å². The van der Waals surface area contributed by atoms with Gasteiger partial charge in [0.05, 0.1) is 18.6 Å². The Morgan fingerprint density at radius 1 is 1.24 bits per heavy atom. The highest BCUT2D eigenvalue weighted by Crippen LogP contribution is 2.36. The number of hydrogen-bond donors (Lipinski definition) is 0. The van der Waals surface area contributed by atoms with Crippen molar-refractivity contribution in [3.63, 3.8) is 0 Å². The smallest absolute Gasteiger partial charge is 0.337 e. The second-order valence-electron chi connectivity index (χ2n) is 4.85. The molecule has 1 atom stereocenters. The zero-order valence-corrected chi connectivity index (χ0v) is 11.5. The van der Waals surface area contributed by atoms with Crippen LogP contribution in [0.2, 0.25) is 0 Å². The molecule has 2 aromatic carbocycles. The van der Waals surface area contributed by atoms with E-state index in [4.69, 9.17) is 9.47 Å². The first-order valence-corrected chi connectivity index (χ1v) is 6.62. The van der Waals surface area contributed by atoms with Crippen LogP contribution in [0.25, 0.3) is 0 Å². The van der Waals surface area contributed by atoms with Gasteiger partial charge in [-0.2, -0.15) is 0 Å². The molecule has 0 radical (unpaired) electrons. The zero-order chi connectivity index (χ0) is 14.8. The lowest BCUT2D eigenvalue weighted by Crippen LogP contribution is -2.07. The van der Waals surface area contributed by atoms with E-state index in [9.17, 15) is 9.59 Å². The molecule has 0 aliphatic carbocycles. The number of carbonyl (C=O) groups excluding carboxylic acids is 2. The van der Waals surface area contributed by atoms with Crippen LogP contribution in [0.4, 0.5) is 0 Å². The highest BCUT2D eigenvalue weighted by molar-refractivity contribution is 5.90. The van der Waals surface area contributed by atoms with Crippen LogP contribution < -0.4 is 4.74 Å². The van der Waals surface area contributed by atoms with E-state index in [0.29, 0.717) is 23.5 Å². The standard InChI is InChI=1S/C17H14O4/c1-20-17(19)11-6-7-16-14(8-11)15(9-18)13-5-3-2-4-12(13)10-21-16/h2-9,15H,10H2,1H3/t15-/m1/s1. The Morgan fingerprint density at radius 2 is 2.05 bits per heavy atom. The topological polar surface area (TPSA) is 52.6 Å². The van der Waals surface area contributed by atoms with Gasteiger partial charge in [0.2, 0.25) is 0 Å². The molecule has 0 saturated carbocycles. The highest BCUT2D eigenvalue weighted by Gasteiger charge is 2.25. The average Bonchev–Trinajstić information content (AvgIpc) is 2.69. The van der Waals surface area contributed by atoms with Gasteiger partial charge in [-0.05, 0) is 29.3 Å². The molecule has 0 amide bonds. The van der Waals surface area contributed by atoms with Crippen molar-refractivity contribution in [1.82, 2.24) is 0 Å². The van der Waals surface area contributed by atoms with Crippen molar-refractivity contribution in [3.05, 3.63) is 64.7 Å². The third kappa shape index (κ3) is 2.29. The second kappa shape index (κ2) is 5.40.